The molecule has 2 aromatic carbocycles. The summed E-state index contributed by atoms with van der Waals surface area (Å²) in [4.78, 5) is 33.6. The summed E-state index contributed by atoms with van der Waals surface area (Å²) in [6, 6.07) is 16.2. The number of unbranched alkanes of at least 4 members (excludes halogenated alkanes) is 1. The predicted octanol–water partition coefficient (Wildman–Crippen LogP) is 6.71. The molecule has 0 aliphatic heterocycles. The van der Waals surface area contributed by atoms with E-state index in [1.807, 2.05) is 35.8 Å². The number of nitrogens with zero attached hydrogens (tertiary/aromatic N) is 3. The molecule has 0 amide bonds. The third kappa shape index (κ3) is 5.07. The van der Waals surface area contributed by atoms with E-state index in [0.29, 0.717) is 12.2 Å². The lowest BCUT2D eigenvalue weighted by Crippen LogP contribution is -2.49. The number of aromatic nitrogens is 4. The highest BCUT2D eigenvalue weighted by atomic mass is 16.5. The third-order valence-electron chi connectivity index (χ3n) is 10.2. The van der Waals surface area contributed by atoms with E-state index < -0.39 is 5.76 Å². The van der Waals surface area contributed by atoms with Crippen LogP contribution in [0.5, 0.6) is 0 Å². The molecule has 218 valence electrons. The van der Waals surface area contributed by atoms with Crippen LogP contribution in [0.3, 0.4) is 0 Å². The molecule has 2 heterocycles. The molecule has 4 bridgehead atoms. The van der Waals surface area contributed by atoms with Gasteiger partial charge in [0.15, 0.2) is 5.82 Å². The van der Waals surface area contributed by atoms with Crippen molar-refractivity contribution in [3.8, 4) is 22.5 Å². The molecule has 7 heteroatoms. The van der Waals surface area contributed by atoms with E-state index in [1.165, 1.54) is 38.5 Å². The van der Waals surface area contributed by atoms with E-state index in [2.05, 4.69) is 41.3 Å². The zero-order valence-corrected chi connectivity index (χ0v) is 24.7. The maximum absolute atomic E-state index is 14.3. The van der Waals surface area contributed by atoms with Crippen LogP contribution < -0.4 is 11.3 Å². The minimum atomic E-state index is -0.574. The standard InChI is InChI=1S/C35H40N4O3/c1-3-4-9-31-30(33(40)39(22(2)36-31)21-35-18-24-14-25(19-35)16-26(15-24)20-35)17-23-10-12-27(13-11-23)28-7-5-6-8-29(28)32-37-34(41)42-38-32/h5-8,10-13,24-26H,3-4,9,14-21H2,1-2H3,(H,37,38,41). The number of rotatable bonds is 9. The number of hydrogen-bond donors (Lipinski definition) is 1. The molecule has 0 unspecified atom stereocenters. The van der Waals surface area contributed by atoms with Crippen LogP contribution in [0.1, 0.15) is 80.9 Å². The Morgan fingerprint density at radius 2 is 1.62 bits per heavy atom. The molecule has 1 N–H and O–H groups in total. The summed E-state index contributed by atoms with van der Waals surface area (Å²) in [5.74, 6) is 3.29. The maximum atomic E-state index is 14.3. The Hall–Kier alpha value is -3.74. The number of aromatic amines is 1. The van der Waals surface area contributed by atoms with Crippen LogP contribution in [-0.4, -0.2) is 19.7 Å². The van der Waals surface area contributed by atoms with Crippen molar-refractivity contribution in [1.82, 2.24) is 19.7 Å². The predicted molar refractivity (Wildman–Crippen MR) is 163 cm³/mol. The van der Waals surface area contributed by atoms with Crippen molar-refractivity contribution >= 4 is 0 Å². The lowest BCUT2D eigenvalue weighted by molar-refractivity contribution is -0.0628. The van der Waals surface area contributed by atoms with Crippen molar-refractivity contribution in [3.05, 3.63) is 92.1 Å². The van der Waals surface area contributed by atoms with E-state index in [9.17, 15) is 9.59 Å². The van der Waals surface area contributed by atoms with Crippen molar-refractivity contribution in [2.75, 3.05) is 0 Å². The van der Waals surface area contributed by atoms with E-state index in [1.54, 1.807) is 0 Å². The molecule has 2 aromatic heterocycles. The van der Waals surface area contributed by atoms with Gasteiger partial charge < -0.3 is 0 Å². The molecule has 4 aliphatic rings. The fourth-order valence-corrected chi connectivity index (χ4v) is 8.78. The third-order valence-corrected chi connectivity index (χ3v) is 10.2. The fourth-order valence-electron chi connectivity index (χ4n) is 8.78. The minimum Gasteiger partial charge on any atom is -0.296 e. The number of benzene rings is 2. The van der Waals surface area contributed by atoms with E-state index >= 15 is 0 Å². The van der Waals surface area contributed by atoms with Gasteiger partial charge in [0, 0.05) is 24.1 Å². The van der Waals surface area contributed by atoms with Gasteiger partial charge in [0.2, 0.25) is 0 Å². The Kier molecular flexibility index (Phi) is 6.99. The van der Waals surface area contributed by atoms with Gasteiger partial charge in [-0.1, -0.05) is 67.0 Å². The Labute approximate surface area is 246 Å². The lowest BCUT2D eigenvalue weighted by atomic mass is 9.49. The highest BCUT2D eigenvalue weighted by Gasteiger charge is 2.51. The van der Waals surface area contributed by atoms with Crippen molar-refractivity contribution in [1.29, 1.82) is 0 Å². The average Bonchev–Trinajstić information content (AvgIpc) is 3.41. The minimum absolute atomic E-state index is 0.161. The molecule has 8 rings (SSSR count). The second-order valence-electron chi connectivity index (χ2n) is 13.4. The SMILES string of the molecule is CCCCc1nc(C)n(CC23CC4CC(CC(C4)C2)C3)c(=O)c1Cc1ccc(-c2ccccc2-c2noc(=O)[nH]2)cc1. The molecule has 4 saturated carbocycles. The van der Waals surface area contributed by atoms with E-state index in [-0.39, 0.29) is 11.0 Å². The molecule has 4 fully saturated rings. The molecule has 0 radical (unpaired) electrons. The van der Waals surface area contributed by atoms with Crippen molar-refractivity contribution in [3.63, 3.8) is 0 Å². The quantitative estimate of drug-likeness (QED) is 0.244. The van der Waals surface area contributed by atoms with E-state index in [0.717, 1.165) is 82.9 Å². The van der Waals surface area contributed by atoms with Crippen LogP contribution >= 0.6 is 0 Å². The van der Waals surface area contributed by atoms with Crippen LogP contribution in [0, 0.1) is 30.1 Å². The van der Waals surface area contributed by atoms with Crippen LogP contribution in [0.4, 0.5) is 0 Å². The van der Waals surface area contributed by atoms with Gasteiger partial charge >= 0.3 is 5.76 Å². The smallest absolute Gasteiger partial charge is 0.296 e. The number of aryl methyl sites for hydroxylation is 2. The summed E-state index contributed by atoms with van der Waals surface area (Å²) in [5.41, 5.74) is 6.10. The van der Waals surface area contributed by atoms with Gasteiger partial charge in [0.25, 0.3) is 5.56 Å². The Morgan fingerprint density at radius 3 is 2.24 bits per heavy atom. The zero-order chi connectivity index (χ0) is 28.8. The van der Waals surface area contributed by atoms with Gasteiger partial charge in [0.05, 0.1) is 5.69 Å². The first-order valence-corrected chi connectivity index (χ1v) is 15.7. The Bertz CT molecular complexity index is 1680. The topological polar surface area (TPSA) is 93.8 Å². The first-order chi connectivity index (χ1) is 20.4. The van der Waals surface area contributed by atoms with Crippen LogP contribution in [0.15, 0.2) is 62.6 Å². The molecule has 4 aliphatic carbocycles. The zero-order valence-electron chi connectivity index (χ0n) is 24.7. The Balaban J connectivity index is 1.20. The van der Waals surface area contributed by atoms with E-state index in [4.69, 9.17) is 9.51 Å². The summed E-state index contributed by atoms with van der Waals surface area (Å²) in [5, 5.41) is 3.88. The summed E-state index contributed by atoms with van der Waals surface area (Å²) in [7, 11) is 0. The molecule has 42 heavy (non-hydrogen) atoms. The fraction of sp³-hybridized carbons (Fsp3) is 0.486. The summed E-state index contributed by atoms with van der Waals surface area (Å²) >= 11 is 0. The normalized spacial score (nSPS) is 24.4. The monoisotopic (exact) mass is 564 g/mol. The molecular formula is C35H40N4O3. The van der Waals surface area contributed by atoms with Crippen LogP contribution in [0.25, 0.3) is 22.5 Å². The number of H-pyrrole nitrogens is 1. The molecule has 0 atom stereocenters. The number of hydrogen-bond acceptors (Lipinski definition) is 5. The van der Waals surface area contributed by atoms with Gasteiger partial charge in [-0.25, -0.2) is 9.78 Å². The van der Waals surface area contributed by atoms with Gasteiger partial charge in [-0.3, -0.25) is 18.9 Å². The number of nitrogens with one attached hydrogen (secondary N) is 1. The van der Waals surface area contributed by atoms with Gasteiger partial charge in [-0.2, -0.15) is 0 Å². The lowest BCUT2D eigenvalue weighted by Gasteiger charge is -2.57. The first kappa shape index (κ1) is 27.1. The first-order valence-electron chi connectivity index (χ1n) is 15.7. The van der Waals surface area contributed by atoms with Crippen LogP contribution in [-0.2, 0) is 19.4 Å². The molecule has 4 aromatic rings. The molecule has 0 spiro atoms. The second kappa shape index (κ2) is 10.8. The average molecular weight is 565 g/mol. The highest BCUT2D eigenvalue weighted by molar-refractivity contribution is 5.80. The second-order valence-corrected chi connectivity index (χ2v) is 13.4. The molecule has 0 saturated heterocycles. The Morgan fingerprint density at radius 1 is 0.952 bits per heavy atom. The van der Waals surface area contributed by atoms with Gasteiger partial charge in [-0.05, 0) is 98.1 Å². The highest BCUT2D eigenvalue weighted by Crippen LogP contribution is 2.60. The van der Waals surface area contributed by atoms with Crippen LogP contribution in [0.2, 0.25) is 0 Å². The van der Waals surface area contributed by atoms with Crippen molar-refractivity contribution in [2.24, 2.45) is 23.2 Å². The van der Waals surface area contributed by atoms with Gasteiger partial charge in [0.1, 0.15) is 5.82 Å². The maximum Gasteiger partial charge on any atom is 0.439 e. The largest absolute Gasteiger partial charge is 0.439 e. The molecular weight excluding hydrogens is 524 g/mol. The summed E-state index contributed by atoms with van der Waals surface area (Å²) < 4.78 is 6.78. The molecule has 7 nitrogen and oxygen atoms in total. The summed E-state index contributed by atoms with van der Waals surface area (Å²) in [6.07, 6.45) is 11.6. The van der Waals surface area contributed by atoms with Gasteiger partial charge in [-0.15, -0.1) is 0 Å². The summed E-state index contributed by atoms with van der Waals surface area (Å²) in [6.45, 7) is 5.05. The van der Waals surface area contributed by atoms with Crippen molar-refractivity contribution < 1.29 is 4.52 Å². The van der Waals surface area contributed by atoms with Crippen molar-refractivity contribution in [2.45, 2.75) is 84.6 Å².